The average Bonchev–Trinajstić information content (AvgIpc) is 2.85. The van der Waals surface area contributed by atoms with Crippen LogP contribution in [0.1, 0.15) is 44.9 Å². The summed E-state index contributed by atoms with van der Waals surface area (Å²) < 4.78 is 18.0. The van der Waals surface area contributed by atoms with E-state index in [-0.39, 0.29) is 6.04 Å². The van der Waals surface area contributed by atoms with Crippen LogP contribution in [0.4, 0.5) is 5.69 Å². The molecule has 164 valence electrons. The van der Waals surface area contributed by atoms with Crippen molar-refractivity contribution in [3.63, 3.8) is 0 Å². The lowest BCUT2D eigenvalue weighted by atomic mass is 9.92. The summed E-state index contributed by atoms with van der Waals surface area (Å²) in [7, 11) is 0.360. The molecule has 6 heteroatoms. The van der Waals surface area contributed by atoms with Gasteiger partial charge in [0.2, 0.25) is 0 Å². The van der Waals surface area contributed by atoms with Crippen molar-refractivity contribution in [2.24, 2.45) is 0 Å². The molecule has 0 amide bonds. The number of methoxy groups -OCH3 is 1. The van der Waals surface area contributed by atoms with Crippen LogP contribution in [0.25, 0.3) is 0 Å². The zero-order valence-corrected chi connectivity index (χ0v) is 19.0. The molecule has 0 aromatic heterocycles. The number of likely N-dealkylation sites (tertiary alicyclic amines) is 1. The lowest BCUT2D eigenvalue weighted by molar-refractivity contribution is 0.123. The van der Waals surface area contributed by atoms with E-state index in [2.05, 4.69) is 11.1 Å². The predicted octanol–water partition coefficient (Wildman–Crippen LogP) is 4.95. The van der Waals surface area contributed by atoms with Gasteiger partial charge in [-0.3, -0.25) is 4.90 Å². The number of nitriles is 1. The number of rotatable bonds is 6. The van der Waals surface area contributed by atoms with Crippen molar-refractivity contribution in [3.05, 3.63) is 48.5 Å². The van der Waals surface area contributed by atoms with Crippen molar-refractivity contribution >= 4 is 16.5 Å². The quantitative estimate of drug-likeness (QED) is 0.473. The molecule has 5 nitrogen and oxygen atoms in total. The van der Waals surface area contributed by atoms with Crippen LogP contribution in [0, 0.1) is 11.5 Å². The van der Waals surface area contributed by atoms with Gasteiger partial charge in [-0.05, 0) is 74.2 Å². The Hall–Kier alpha value is -2.36. The summed E-state index contributed by atoms with van der Waals surface area (Å²) in [4.78, 5) is 5.96. The van der Waals surface area contributed by atoms with Crippen molar-refractivity contribution in [2.75, 3.05) is 25.1 Å². The fourth-order valence-corrected chi connectivity index (χ4v) is 5.91. The second kappa shape index (κ2) is 10.3. The Morgan fingerprint density at radius 3 is 2.06 bits per heavy atom. The fourth-order valence-electron chi connectivity index (χ4n) is 4.87. The van der Waals surface area contributed by atoms with Gasteiger partial charge in [0.1, 0.15) is 5.75 Å². The van der Waals surface area contributed by atoms with E-state index in [1.165, 1.54) is 32.1 Å². The molecule has 2 aromatic carbocycles. The molecule has 2 aliphatic rings. The first-order valence-corrected chi connectivity index (χ1v) is 12.4. The van der Waals surface area contributed by atoms with E-state index >= 15 is 0 Å². The van der Waals surface area contributed by atoms with Gasteiger partial charge in [0.15, 0.2) is 6.19 Å². The van der Waals surface area contributed by atoms with Crippen molar-refractivity contribution < 1.29 is 8.95 Å². The highest BCUT2D eigenvalue weighted by Gasteiger charge is 2.29. The molecule has 2 aromatic rings. The molecule has 0 spiro atoms. The molecule has 1 heterocycles. The normalized spacial score (nSPS) is 19.5. The molecular formula is C25H31N3O2S. The van der Waals surface area contributed by atoms with Crippen LogP contribution < -0.4 is 9.64 Å². The lowest BCUT2D eigenvalue weighted by Crippen LogP contribution is -2.47. The predicted molar refractivity (Wildman–Crippen MR) is 124 cm³/mol. The number of anilines is 1. The number of benzene rings is 2. The number of piperidine rings is 1. The number of hydrogen-bond donors (Lipinski definition) is 0. The van der Waals surface area contributed by atoms with Crippen LogP contribution in [0.15, 0.2) is 58.3 Å². The van der Waals surface area contributed by atoms with Gasteiger partial charge in [-0.25, -0.2) is 4.21 Å². The first-order chi connectivity index (χ1) is 15.2. The molecule has 1 unspecified atom stereocenters. The minimum atomic E-state index is -1.26. The molecule has 0 N–H and O–H groups in total. The summed E-state index contributed by atoms with van der Waals surface area (Å²) >= 11 is 0. The van der Waals surface area contributed by atoms with Gasteiger partial charge in [-0.1, -0.05) is 19.3 Å². The molecule has 2 fully saturated rings. The SMILES string of the molecule is COc1ccc(S(=O)c2ccc(N(C#N)C3CCN(C4CCCCC4)CC3)cc2)cc1. The molecule has 1 atom stereocenters. The maximum absolute atomic E-state index is 12.9. The lowest BCUT2D eigenvalue weighted by Gasteiger charge is -2.41. The topological polar surface area (TPSA) is 56.6 Å². The second-order valence-electron chi connectivity index (χ2n) is 8.47. The maximum atomic E-state index is 12.9. The third kappa shape index (κ3) is 5.11. The van der Waals surface area contributed by atoms with Gasteiger partial charge in [-0.15, -0.1) is 0 Å². The van der Waals surface area contributed by atoms with Gasteiger partial charge in [0.05, 0.1) is 23.6 Å². The minimum absolute atomic E-state index is 0.239. The number of ether oxygens (including phenoxy) is 1. The van der Waals surface area contributed by atoms with E-state index in [9.17, 15) is 9.47 Å². The standard InChI is InChI=1S/C25H31N3O2S/c1-30-23-9-13-25(14-10-23)31(29)24-11-7-21(8-12-24)28(19-26)22-15-17-27(18-16-22)20-5-3-2-4-6-20/h7-14,20,22H,2-6,15-18H2,1H3. The molecule has 1 aliphatic carbocycles. The molecule has 0 radical (unpaired) electrons. The Labute approximate surface area is 188 Å². The third-order valence-corrected chi connectivity index (χ3v) is 8.07. The molecule has 1 aliphatic heterocycles. The Morgan fingerprint density at radius 1 is 0.935 bits per heavy atom. The van der Waals surface area contributed by atoms with Crippen LogP contribution in [0.3, 0.4) is 0 Å². The van der Waals surface area contributed by atoms with E-state index in [4.69, 9.17) is 4.74 Å². The Morgan fingerprint density at radius 2 is 1.52 bits per heavy atom. The van der Waals surface area contributed by atoms with E-state index in [1.807, 2.05) is 53.4 Å². The molecule has 1 saturated carbocycles. The largest absolute Gasteiger partial charge is 0.497 e. The second-order valence-corrected chi connectivity index (χ2v) is 9.95. The van der Waals surface area contributed by atoms with Gasteiger partial charge >= 0.3 is 0 Å². The number of hydrogen-bond acceptors (Lipinski definition) is 5. The highest BCUT2D eigenvalue weighted by Crippen LogP contribution is 2.29. The molecule has 1 saturated heterocycles. The average molecular weight is 438 g/mol. The van der Waals surface area contributed by atoms with Crippen molar-refractivity contribution in [1.82, 2.24) is 4.90 Å². The van der Waals surface area contributed by atoms with Crippen molar-refractivity contribution in [1.29, 1.82) is 5.26 Å². The number of nitrogens with zero attached hydrogens (tertiary/aromatic N) is 3. The summed E-state index contributed by atoms with van der Waals surface area (Å²) in [6, 6.07) is 15.9. The van der Waals surface area contributed by atoms with Gasteiger partial charge in [0.25, 0.3) is 0 Å². The zero-order chi connectivity index (χ0) is 21.6. The van der Waals surface area contributed by atoms with Gasteiger partial charge < -0.3 is 9.64 Å². The summed E-state index contributed by atoms with van der Waals surface area (Å²) in [6.45, 7) is 2.15. The van der Waals surface area contributed by atoms with E-state index < -0.39 is 10.8 Å². The third-order valence-electron chi connectivity index (χ3n) is 6.67. The minimum Gasteiger partial charge on any atom is -0.497 e. The van der Waals surface area contributed by atoms with Crippen LogP contribution in [-0.2, 0) is 10.8 Å². The van der Waals surface area contributed by atoms with E-state index in [0.29, 0.717) is 0 Å². The summed E-state index contributed by atoms with van der Waals surface area (Å²) in [5.41, 5.74) is 0.883. The van der Waals surface area contributed by atoms with Gasteiger partial charge in [-0.2, -0.15) is 5.26 Å². The molecule has 4 rings (SSSR count). The van der Waals surface area contributed by atoms with Crippen LogP contribution >= 0.6 is 0 Å². The maximum Gasteiger partial charge on any atom is 0.184 e. The Bertz CT molecular complexity index is 909. The summed E-state index contributed by atoms with van der Waals surface area (Å²) in [5.74, 6) is 0.746. The first-order valence-electron chi connectivity index (χ1n) is 11.3. The monoisotopic (exact) mass is 437 g/mol. The van der Waals surface area contributed by atoms with Crippen molar-refractivity contribution in [2.45, 2.75) is 66.8 Å². The summed E-state index contributed by atoms with van der Waals surface area (Å²) in [6.07, 6.45) is 11.2. The van der Waals surface area contributed by atoms with Crippen LogP contribution in [0.2, 0.25) is 0 Å². The zero-order valence-electron chi connectivity index (χ0n) is 18.2. The molecule has 0 bridgehead atoms. The van der Waals surface area contributed by atoms with Gasteiger partial charge in [0, 0.05) is 35.0 Å². The fraction of sp³-hybridized carbons (Fsp3) is 0.480. The Balaban J connectivity index is 1.39. The van der Waals surface area contributed by atoms with Crippen LogP contribution in [0.5, 0.6) is 5.75 Å². The summed E-state index contributed by atoms with van der Waals surface area (Å²) in [5, 5.41) is 9.84. The Kier molecular flexibility index (Phi) is 7.26. The smallest absolute Gasteiger partial charge is 0.184 e. The van der Waals surface area contributed by atoms with E-state index in [0.717, 1.165) is 53.2 Å². The first kappa shape index (κ1) is 21.9. The van der Waals surface area contributed by atoms with Crippen molar-refractivity contribution in [3.8, 4) is 11.9 Å². The highest BCUT2D eigenvalue weighted by atomic mass is 32.2. The highest BCUT2D eigenvalue weighted by molar-refractivity contribution is 7.85. The molecular weight excluding hydrogens is 406 g/mol. The van der Waals surface area contributed by atoms with Crippen LogP contribution in [-0.4, -0.2) is 41.4 Å². The molecule has 31 heavy (non-hydrogen) atoms. The van der Waals surface area contributed by atoms with E-state index in [1.54, 1.807) is 7.11 Å².